The van der Waals surface area contributed by atoms with Crippen molar-refractivity contribution in [1.29, 1.82) is 0 Å². The minimum atomic E-state index is -1.00. The molecule has 3 aromatic carbocycles. The number of hydrogen-bond acceptors (Lipinski definition) is 6. The van der Waals surface area contributed by atoms with Crippen LogP contribution in [-0.4, -0.2) is 22.6 Å². The highest BCUT2D eigenvalue weighted by Gasteiger charge is 2.43. The lowest BCUT2D eigenvalue weighted by molar-refractivity contribution is 0.0924. The highest BCUT2D eigenvalue weighted by Crippen LogP contribution is 2.53. The third-order valence-electron chi connectivity index (χ3n) is 6.27. The molecule has 202 valence electrons. The summed E-state index contributed by atoms with van der Waals surface area (Å²) in [6.07, 6.45) is 0. The lowest BCUT2D eigenvalue weighted by Gasteiger charge is -2.25. The number of carbonyl (C=O) groups excluding carboxylic acids is 3. The molecule has 0 fully saturated rings. The van der Waals surface area contributed by atoms with Gasteiger partial charge in [0.15, 0.2) is 11.5 Å². The van der Waals surface area contributed by atoms with E-state index in [1.807, 2.05) is 0 Å². The van der Waals surface area contributed by atoms with E-state index in [0.29, 0.717) is 5.39 Å². The van der Waals surface area contributed by atoms with E-state index >= 15 is 0 Å². The molecule has 0 spiro atoms. The van der Waals surface area contributed by atoms with Crippen LogP contribution >= 0.6 is 105 Å². The number of ketones is 1. The second-order valence-corrected chi connectivity index (χ2v) is 12.3. The first-order valence-corrected chi connectivity index (χ1v) is 14.7. The molecule has 15 heteroatoms. The molecular weight excluding hydrogens is 708 g/mol. The predicted molar refractivity (Wildman–Crippen MR) is 161 cm³/mol. The quantitative estimate of drug-likeness (QED) is 0.0891. The molecule has 6 nitrogen and oxygen atoms in total. The van der Waals surface area contributed by atoms with Crippen molar-refractivity contribution in [2.75, 3.05) is 4.90 Å². The summed E-state index contributed by atoms with van der Waals surface area (Å²) in [5.41, 5.74) is 0.205. The van der Waals surface area contributed by atoms with Crippen LogP contribution in [0.1, 0.15) is 42.0 Å². The molecule has 1 aromatic heterocycles. The van der Waals surface area contributed by atoms with Gasteiger partial charge in [-0.05, 0) is 12.1 Å². The summed E-state index contributed by atoms with van der Waals surface area (Å²) in [4.78, 5) is 46.1. The fourth-order valence-electron chi connectivity index (χ4n) is 4.41. The van der Waals surface area contributed by atoms with E-state index < -0.39 is 22.8 Å². The standard InChI is InChI=1S/C25H6Cl8N2O4S/c26-12-9-10(13(27)16(30)15(12)29)25(38)35(24(9)37)8-3-1-2-6-4-5-7(34-20(6)8)23-21(36)11-14(28)17(31)18(32)19(33)22(11)39-40-23/h1-5,23H. The minimum absolute atomic E-state index is 0.00843. The number of carbonyl (C=O) groups is 3. The smallest absolute Gasteiger partial charge is 0.267 e. The monoisotopic (exact) mass is 710 g/mol. The second-order valence-electron chi connectivity index (χ2n) is 8.42. The second kappa shape index (κ2) is 10.3. The van der Waals surface area contributed by atoms with Crippen LogP contribution in [0.2, 0.25) is 40.2 Å². The van der Waals surface area contributed by atoms with Gasteiger partial charge < -0.3 is 4.18 Å². The molecule has 2 aliphatic rings. The molecule has 0 aliphatic carbocycles. The van der Waals surface area contributed by atoms with Gasteiger partial charge in [-0.1, -0.05) is 111 Å². The largest absolute Gasteiger partial charge is 0.422 e. The minimum Gasteiger partial charge on any atom is -0.422 e. The first-order valence-electron chi connectivity index (χ1n) is 10.8. The van der Waals surface area contributed by atoms with E-state index in [1.165, 1.54) is 6.07 Å². The van der Waals surface area contributed by atoms with Crippen molar-refractivity contribution in [2.24, 2.45) is 0 Å². The van der Waals surface area contributed by atoms with Crippen molar-refractivity contribution < 1.29 is 18.6 Å². The molecule has 40 heavy (non-hydrogen) atoms. The summed E-state index contributed by atoms with van der Waals surface area (Å²) < 4.78 is 5.70. The number of anilines is 1. The number of aromatic nitrogens is 1. The SMILES string of the molecule is O=C1c2c(Cl)c(Cl)c(Cl)c(Cl)c2OSC1c1ccc2cccc(N3C(=O)c4c(Cl)c(Cl)c(Cl)c(Cl)c4C3=O)c2n1. The molecule has 3 heterocycles. The van der Waals surface area contributed by atoms with Crippen molar-refractivity contribution in [3.8, 4) is 5.75 Å². The molecular formula is C25H6Cl8N2O4S. The zero-order valence-electron chi connectivity index (χ0n) is 18.9. The van der Waals surface area contributed by atoms with E-state index in [4.69, 9.17) is 97.0 Å². The number of amides is 2. The van der Waals surface area contributed by atoms with Gasteiger partial charge in [-0.25, -0.2) is 9.88 Å². The van der Waals surface area contributed by atoms with E-state index in [9.17, 15) is 14.4 Å². The summed E-state index contributed by atoms with van der Waals surface area (Å²) in [6.45, 7) is 0. The number of para-hydroxylation sites is 1. The van der Waals surface area contributed by atoms with Gasteiger partial charge in [0.1, 0.15) is 10.3 Å². The Bertz CT molecular complexity index is 1840. The summed E-state index contributed by atoms with van der Waals surface area (Å²) in [7, 11) is 0. The van der Waals surface area contributed by atoms with Gasteiger partial charge in [0.2, 0.25) is 0 Å². The van der Waals surface area contributed by atoms with Gasteiger partial charge in [-0.3, -0.25) is 14.4 Å². The topological polar surface area (TPSA) is 76.6 Å². The first-order chi connectivity index (χ1) is 19.0. The average Bonchev–Trinajstić information content (AvgIpc) is 3.21. The van der Waals surface area contributed by atoms with Crippen molar-refractivity contribution in [1.82, 2.24) is 4.98 Å². The van der Waals surface area contributed by atoms with Crippen LogP contribution in [0.15, 0.2) is 30.3 Å². The molecule has 2 aliphatic heterocycles. The van der Waals surface area contributed by atoms with E-state index in [0.717, 1.165) is 16.9 Å². The lowest BCUT2D eigenvalue weighted by atomic mass is 10.0. The molecule has 0 N–H and O–H groups in total. The molecule has 4 aromatic rings. The van der Waals surface area contributed by atoms with Crippen LogP contribution < -0.4 is 9.08 Å². The summed E-state index contributed by atoms with van der Waals surface area (Å²) in [5, 5.41) is -1.44. The Labute approximate surface area is 269 Å². The Balaban J connectivity index is 1.48. The third-order valence-corrected chi connectivity index (χ3v) is 10.8. The average molecular weight is 714 g/mol. The number of nitrogens with zero attached hydrogens (tertiary/aromatic N) is 2. The van der Waals surface area contributed by atoms with Crippen LogP contribution in [0.25, 0.3) is 10.9 Å². The van der Waals surface area contributed by atoms with Crippen molar-refractivity contribution in [3.63, 3.8) is 0 Å². The number of pyridine rings is 1. The number of fused-ring (bicyclic) bond motifs is 3. The number of Topliss-reactive ketones (excluding diaryl/α,β-unsaturated/α-hetero) is 1. The first kappa shape index (κ1) is 28.5. The molecule has 0 bridgehead atoms. The zero-order chi connectivity index (χ0) is 28.8. The maximum Gasteiger partial charge on any atom is 0.267 e. The molecule has 2 amide bonds. The van der Waals surface area contributed by atoms with Gasteiger partial charge in [-0.2, -0.15) is 0 Å². The van der Waals surface area contributed by atoms with E-state index in [2.05, 4.69) is 4.98 Å². The third kappa shape index (κ3) is 4.02. The van der Waals surface area contributed by atoms with Crippen LogP contribution in [-0.2, 0) is 0 Å². The lowest BCUT2D eigenvalue weighted by Crippen LogP contribution is -2.30. The number of benzene rings is 3. The number of imide groups is 1. The number of halogens is 8. The normalized spacial score (nSPS) is 16.4. The molecule has 0 saturated carbocycles. The number of rotatable bonds is 2. The van der Waals surface area contributed by atoms with Gasteiger partial charge in [0.05, 0.1) is 80.8 Å². The Hall–Kier alpha value is -1.65. The van der Waals surface area contributed by atoms with Crippen LogP contribution in [0.5, 0.6) is 5.75 Å². The fourth-order valence-corrected chi connectivity index (χ4v) is 7.23. The molecule has 6 rings (SSSR count). The van der Waals surface area contributed by atoms with Gasteiger partial charge in [-0.15, -0.1) is 0 Å². The number of hydrogen-bond donors (Lipinski definition) is 0. The Morgan fingerprint density at radius 2 is 1.23 bits per heavy atom. The summed E-state index contributed by atoms with van der Waals surface area (Å²) in [5.74, 6) is -2.02. The Kier molecular flexibility index (Phi) is 7.30. The highest BCUT2D eigenvalue weighted by atomic mass is 35.5. The summed E-state index contributed by atoms with van der Waals surface area (Å²) >= 11 is 50.5. The highest BCUT2D eigenvalue weighted by molar-refractivity contribution is 7.96. The van der Waals surface area contributed by atoms with Crippen molar-refractivity contribution >= 4 is 139 Å². The van der Waals surface area contributed by atoms with Crippen molar-refractivity contribution in [3.05, 3.63) is 92.9 Å². The predicted octanol–water partition coefficient (Wildman–Crippen LogP) is 10.2. The van der Waals surface area contributed by atoms with Gasteiger partial charge in [0.25, 0.3) is 11.8 Å². The summed E-state index contributed by atoms with van der Waals surface area (Å²) in [6, 6.07) is 8.17. The van der Waals surface area contributed by atoms with E-state index in [1.54, 1.807) is 24.3 Å². The molecule has 1 atom stereocenters. The molecule has 0 saturated heterocycles. The maximum atomic E-state index is 13.6. The maximum absolute atomic E-state index is 13.6. The van der Waals surface area contributed by atoms with Crippen LogP contribution in [0, 0.1) is 0 Å². The fraction of sp³-hybridized carbons (Fsp3) is 0.0400. The van der Waals surface area contributed by atoms with E-state index in [-0.39, 0.29) is 79.5 Å². The molecule has 1 unspecified atom stereocenters. The van der Waals surface area contributed by atoms with Crippen molar-refractivity contribution in [2.45, 2.75) is 5.25 Å². The molecule has 0 radical (unpaired) electrons. The van der Waals surface area contributed by atoms with Crippen LogP contribution in [0.3, 0.4) is 0 Å². The van der Waals surface area contributed by atoms with Gasteiger partial charge in [0, 0.05) is 5.39 Å². The Morgan fingerprint density at radius 3 is 1.82 bits per heavy atom. The Morgan fingerprint density at radius 1 is 0.675 bits per heavy atom. The van der Waals surface area contributed by atoms with Gasteiger partial charge >= 0.3 is 0 Å². The van der Waals surface area contributed by atoms with Crippen LogP contribution in [0.4, 0.5) is 5.69 Å². The zero-order valence-corrected chi connectivity index (χ0v) is 25.8.